The minimum Gasteiger partial charge on any atom is -0.370 e. The Morgan fingerprint density at radius 3 is 2.60 bits per heavy atom. The molecule has 0 atom stereocenters. The molecule has 3 rings (SSSR count). The fourth-order valence-corrected chi connectivity index (χ4v) is 2.60. The van der Waals surface area contributed by atoms with Crippen LogP contribution in [-0.4, -0.2) is 26.5 Å². The van der Waals surface area contributed by atoms with Crippen molar-refractivity contribution in [2.75, 3.05) is 11.9 Å². The van der Waals surface area contributed by atoms with E-state index in [0.29, 0.717) is 11.6 Å². The molecular formula is C15H19N5. The quantitative estimate of drug-likeness (QED) is 0.868. The van der Waals surface area contributed by atoms with Gasteiger partial charge in [-0.3, -0.25) is 0 Å². The maximum atomic E-state index is 4.71. The van der Waals surface area contributed by atoms with Crippen molar-refractivity contribution in [1.82, 2.24) is 19.9 Å². The predicted octanol–water partition coefficient (Wildman–Crippen LogP) is 2.63. The van der Waals surface area contributed by atoms with Crippen LogP contribution in [0.3, 0.4) is 0 Å². The second kappa shape index (κ2) is 5.94. The van der Waals surface area contributed by atoms with Crippen molar-refractivity contribution < 1.29 is 0 Å². The Morgan fingerprint density at radius 2 is 1.80 bits per heavy atom. The van der Waals surface area contributed by atoms with Crippen molar-refractivity contribution in [3.05, 3.63) is 29.7 Å². The Hall–Kier alpha value is -2.04. The minimum atomic E-state index is 0.596. The Balaban J connectivity index is 2.08. The van der Waals surface area contributed by atoms with Crippen LogP contribution in [0.2, 0.25) is 0 Å². The standard InChI is InChI=1S/C15H19N5/c1-2-16-13-11-7-4-3-5-8-12(11)19-15(20-13)14-17-9-6-10-18-14/h6,9-10H,2-5,7-8H2,1H3,(H,16,19,20). The van der Waals surface area contributed by atoms with Crippen LogP contribution in [0.25, 0.3) is 11.6 Å². The predicted molar refractivity (Wildman–Crippen MR) is 78.5 cm³/mol. The third-order valence-electron chi connectivity index (χ3n) is 3.54. The Bertz CT molecular complexity index is 582. The van der Waals surface area contributed by atoms with E-state index in [9.17, 15) is 0 Å². The van der Waals surface area contributed by atoms with Crippen LogP contribution in [0, 0.1) is 0 Å². The SMILES string of the molecule is CCNc1nc(-c2ncccn2)nc2c1CCCCC2. The van der Waals surface area contributed by atoms with Gasteiger partial charge in [-0.15, -0.1) is 0 Å². The first-order chi connectivity index (χ1) is 9.88. The summed E-state index contributed by atoms with van der Waals surface area (Å²) in [4.78, 5) is 17.9. The molecule has 0 aliphatic heterocycles. The summed E-state index contributed by atoms with van der Waals surface area (Å²) >= 11 is 0. The highest BCUT2D eigenvalue weighted by Gasteiger charge is 2.17. The number of nitrogens with one attached hydrogen (secondary N) is 1. The van der Waals surface area contributed by atoms with E-state index < -0.39 is 0 Å². The van der Waals surface area contributed by atoms with Crippen molar-refractivity contribution in [3.8, 4) is 11.6 Å². The van der Waals surface area contributed by atoms with Crippen LogP contribution in [0.5, 0.6) is 0 Å². The fraction of sp³-hybridized carbons (Fsp3) is 0.467. The summed E-state index contributed by atoms with van der Waals surface area (Å²) in [7, 11) is 0. The van der Waals surface area contributed by atoms with E-state index >= 15 is 0 Å². The molecule has 0 radical (unpaired) electrons. The number of aromatic nitrogens is 4. The molecule has 1 aliphatic carbocycles. The highest BCUT2D eigenvalue weighted by Crippen LogP contribution is 2.26. The van der Waals surface area contributed by atoms with Gasteiger partial charge in [0.15, 0.2) is 11.6 Å². The van der Waals surface area contributed by atoms with Gasteiger partial charge in [0.05, 0.1) is 0 Å². The molecule has 1 aliphatic rings. The normalized spacial score (nSPS) is 14.4. The van der Waals surface area contributed by atoms with E-state index in [-0.39, 0.29) is 0 Å². The first-order valence-corrected chi connectivity index (χ1v) is 7.29. The van der Waals surface area contributed by atoms with Crippen LogP contribution in [0.4, 0.5) is 5.82 Å². The Kier molecular flexibility index (Phi) is 3.85. The third kappa shape index (κ3) is 2.61. The van der Waals surface area contributed by atoms with E-state index in [1.807, 2.05) is 0 Å². The summed E-state index contributed by atoms with van der Waals surface area (Å²) in [6, 6.07) is 1.80. The average Bonchev–Trinajstić information content (AvgIpc) is 2.74. The zero-order chi connectivity index (χ0) is 13.8. The van der Waals surface area contributed by atoms with Crippen molar-refractivity contribution in [3.63, 3.8) is 0 Å². The molecule has 0 aromatic carbocycles. The molecule has 0 bridgehead atoms. The van der Waals surface area contributed by atoms with Gasteiger partial charge < -0.3 is 5.32 Å². The fourth-order valence-electron chi connectivity index (χ4n) is 2.60. The molecule has 2 heterocycles. The van der Waals surface area contributed by atoms with Crippen LogP contribution < -0.4 is 5.32 Å². The lowest BCUT2D eigenvalue weighted by Crippen LogP contribution is -2.10. The number of anilines is 1. The van der Waals surface area contributed by atoms with Gasteiger partial charge >= 0.3 is 0 Å². The van der Waals surface area contributed by atoms with Gasteiger partial charge in [-0.1, -0.05) is 6.42 Å². The molecule has 2 aromatic heterocycles. The van der Waals surface area contributed by atoms with E-state index in [2.05, 4.69) is 27.2 Å². The number of fused-ring (bicyclic) bond motifs is 1. The van der Waals surface area contributed by atoms with Gasteiger partial charge in [0.2, 0.25) is 0 Å². The summed E-state index contributed by atoms with van der Waals surface area (Å²) in [6.45, 7) is 2.95. The largest absolute Gasteiger partial charge is 0.370 e. The van der Waals surface area contributed by atoms with E-state index in [1.54, 1.807) is 18.5 Å². The number of hydrogen-bond donors (Lipinski definition) is 1. The van der Waals surface area contributed by atoms with Crippen molar-refractivity contribution >= 4 is 5.82 Å². The summed E-state index contributed by atoms with van der Waals surface area (Å²) in [5.41, 5.74) is 2.44. The zero-order valence-electron chi connectivity index (χ0n) is 11.8. The summed E-state index contributed by atoms with van der Waals surface area (Å²) in [5.74, 6) is 2.18. The molecular weight excluding hydrogens is 250 g/mol. The van der Waals surface area contributed by atoms with Gasteiger partial charge in [-0.05, 0) is 38.7 Å². The number of hydrogen-bond acceptors (Lipinski definition) is 5. The maximum Gasteiger partial charge on any atom is 0.199 e. The lowest BCUT2D eigenvalue weighted by molar-refractivity contribution is 0.709. The molecule has 1 N–H and O–H groups in total. The second-order valence-electron chi connectivity index (χ2n) is 4.98. The van der Waals surface area contributed by atoms with Crippen molar-refractivity contribution in [2.24, 2.45) is 0 Å². The summed E-state index contributed by atoms with van der Waals surface area (Å²) < 4.78 is 0. The van der Waals surface area contributed by atoms with Gasteiger partial charge in [0, 0.05) is 30.2 Å². The third-order valence-corrected chi connectivity index (χ3v) is 3.54. The van der Waals surface area contributed by atoms with Crippen molar-refractivity contribution in [1.29, 1.82) is 0 Å². The molecule has 0 spiro atoms. The smallest absolute Gasteiger partial charge is 0.199 e. The van der Waals surface area contributed by atoms with Crippen LogP contribution in [0.1, 0.15) is 37.4 Å². The van der Waals surface area contributed by atoms with Crippen molar-refractivity contribution in [2.45, 2.75) is 39.0 Å². The minimum absolute atomic E-state index is 0.596. The molecule has 0 saturated heterocycles. The van der Waals surface area contributed by atoms with E-state index in [0.717, 1.165) is 30.9 Å². The zero-order valence-corrected chi connectivity index (χ0v) is 11.8. The monoisotopic (exact) mass is 269 g/mol. The van der Waals surface area contributed by atoms with Gasteiger partial charge in [-0.25, -0.2) is 19.9 Å². The summed E-state index contributed by atoms with van der Waals surface area (Å²) in [5, 5.41) is 3.37. The molecule has 2 aromatic rings. The van der Waals surface area contributed by atoms with Gasteiger partial charge in [0.25, 0.3) is 0 Å². The summed E-state index contributed by atoms with van der Waals surface area (Å²) in [6.07, 6.45) is 9.22. The molecule has 0 unspecified atom stereocenters. The lowest BCUT2D eigenvalue weighted by Gasteiger charge is -2.13. The Morgan fingerprint density at radius 1 is 1.00 bits per heavy atom. The molecule has 5 nitrogen and oxygen atoms in total. The maximum absolute atomic E-state index is 4.71. The molecule has 20 heavy (non-hydrogen) atoms. The number of rotatable bonds is 3. The molecule has 104 valence electrons. The Labute approximate surface area is 118 Å². The molecule has 0 saturated carbocycles. The average molecular weight is 269 g/mol. The van der Waals surface area contributed by atoms with Crippen LogP contribution in [0.15, 0.2) is 18.5 Å². The molecule has 0 fully saturated rings. The van der Waals surface area contributed by atoms with Crippen LogP contribution in [-0.2, 0) is 12.8 Å². The lowest BCUT2D eigenvalue weighted by atomic mass is 10.1. The van der Waals surface area contributed by atoms with E-state index in [1.165, 1.54) is 24.8 Å². The highest BCUT2D eigenvalue weighted by molar-refractivity contribution is 5.54. The molecule has 0 amide bonds. The first kappa shape index (κ1) is 13.0. The highest BCUT2D eigenvalue weighted by atomic mass is 15.1. The van der Waals surface area contributed by atoms with E-state index in [4.69, 9.17) is 4.98 Å². The number of aryl methyl sites for hydroxylation is 1. The topological polar surface area (TPSA) is 63.6 Å². The van der Waals surface area contributed by atoms with Crippen LogP contribution >= 0.6 is 0 Å². The van der Waals surface area contributed by atoms with Gasteiger partial charge in [0.1, 0.15) is 5.82 Å². The van der Waals surface area contributed by atoms with Gasteiger partial charge in [-0.2, -0.15) is 0 Å². The first-order valence-electron chi connectivity index (χ1n) is 7.29. The molecule has 5 heteroatoms. The second-order valence-corrected chi connectivity index (χ2v) is 4.98. The number of nitrogens with zero attached hydrogens (tertiary/aromatic N) is 4.